The van der Waals surface area contributed by atoms with E-state index in [0.717, 1.165) is 10.5 Å². The van der Waals surface area contributed by atoms with E-state index >= 15 is 0 Å². The number of halogens is 2. The van der Waals surface area contributed by atoms with Gasteiger partial charge in [-0.05, 0) is 83.1 Å². The van der Waals surface area contributed by atoms with Gasteiger partial charge in [-0.3, -0.25) is 14.9 Å². The first kappa shape index (κ1) is 27.1. The smallest absolute Gasteiger partial charge is 0.335 e. The first-order valence-corrected chi connectivity index (χ1v) is 12.7. The molecule has 1 fully saturated rings. The van der Waals surface area contributed by atoms with Gasteiger partial charge in [-0.15, -0.1) is 0 Å². The van der Waals surface area contributed by atoms with E-state index in [1.54, 1.807) is 43.3 Å². The molecule has 4 rings (SSSR count). The molecule has 1 aliphatic rings. The van der Waals surface area contributed by atoms with Crippen molar-refractivity contribution in [3.8, 4) is 11.5 Å². The fourth-order valence-electron chi connectivity index (χ4n) is 3.65. The predicted molar refractivity (Wildman–Crippen MR) is 149 cm³/mol. The first-order chi connectivity index (χ1) is 18.2. The van der Waals surface area contributed by atoms with Crippen LogP contribution in [0.3, 0.4) is 0 Å². The summed E-state index contributed by atoms with van der Waals surface area (Å²) in [6.07, 6.45) is 1.37. The zero-order valence-corrected chi connectivity index (χ0v) is 22.8. The summed E-state index contributed by atoms with van der Waals surface area (Å²) >= 11 is 8.24. The highest BCUT2D eigenvalue weighted by molar-refractivity contribution is 14.1. The van der Waals surface area contributed by atoms with Gasteiger partial charge in [0.25, 0.3) is 11.8 Å². The van der Waals surface area contributed by atoms with Crippen LogP contribution >= 0.6 is 34.2 Å². The molecule has 11 heteroatoms. The zero-order valence-electron chi connectivity index (χ0n) is 19.9. The summed E-state index contributed by atoms with van der Waals surface area (Å²) in [4.78, 5) is 50.2. The number of para-hydroxylation sites is 1. The lowest BCUT2D eigenvalue weighted by atomic mass is 10.1. The summed E-state index contributed by atoms with van der Waals surface area (Å²) in [6, 6.07) is 15.1. The van der Waals surface area contributed by atoms with Gasteiger partial charge in [0, 0.05) is 0 Å². The third kappa shape index (κ3) is 5.81. The van der Waals surface area contributed by atoms with Crippen molar-refractivity contribution in [1.82, 2.24) is 5.32 Å². The van der Waals surface area contributed by atoms with Crippen LogP contribution in [0, 0.1) is 3.57 Å². The number of urea groups is 1. The van der Waals surface area contributed by atoms with Crippen molar-refractivity contribution in [2.75, 3.05) is 11.5 Å². The van der Waals surface area contributed by atoms with Gasteiger partial charge in [0.1, 0.15) is 12.2 Å². The Morgan fingerprint density at radius 2 is 1.79 bits per heavy atom. The van der Waals surface area contributed by atoms with Crippen molar-refractivity contribution in [1.29, 1.82) is 0 Å². The SMILES string of the molecule is CCOc1cc(/C=C2\C(=O)NC(=O)N(c3ccccc3Cl)C2=O)cc(I)c1OCc1ccc(C(=O)O)cc1. The van der Waals surface area contributed by atoms with E-state index in [9.17, 15) is 19.2 Å². The third-order valence-electron chi connectivity index (χ3n) is 5.42. The largest absolute Gasteiger partial charge is 0.490 e. The van der Waals surface area contributed by atoms with E-state index in [0.29, 0.717) is 27.2 Å². The lowest BCUT2D eigenvalue weighted by molar-refractivity contribution is -0.122. The minimum Gasteiger partial charge on any atom is -0.490 e. The maximum atomic E-state index is 13.2. The molecule has 2 N–H and O–H groups in total. The number of hydrogen-bond acceptors (Lipinski definition) is 6. The van der Waals surface area contributed by atoms with Crippen molar-refractivity contribution in [3.05, 3.63) is 91.5 Å². The highest BCUT2D eigenvalue weighted by Crippen LogP contribution is 2.36. The number of ether oxygens (including phenoxy) is 2. The second-order valence-corrected chi connectivity index (χ2v) is 9.53. The minimum atomic E-state index is -1.01. The number of carbonyl (C=O) groups excluding carboxylic acids is 3. The Kier molecular flexibility index (Phi) is 8.32. The average Bonchev–Trinajstić information content (AvgIpc) is 2.87. The van der Waals surface area contributed by atoms with Gasteiger partial charge >= 0.3 is 12.0 Å². The molecule has 3 aromatic rings. The van der Waals surface area contributed by atoms with Gasteiger partial charge in [0.15, 0.2) is 11.5 Å². The number of nitrogens with one attached hydrogen (secondary N) is 1. The Labute approximate surface area is 236 Å². The van der Waals surface area contributed by atoms with Crippen LogP contribution in [-0.2, 0) is 16.2 Å². The number of carboxylic acids is 1. The number of imide groups is 2. The number of barbiturate groups is 1. The molecule has 0 aromatic heterocycles. The summed E-state index contributed by atoms with van der Waals surface area (Å²) in [7, 11) is 0. The molecule has 0 spiro atoms. The number of carbonyl (C=O) groups is 4. The number of aromatic carboxylic acids is 1. The molecule has 194 valence electrons. The molecule has 0 aliphatic carbocycles. The lowest BCUT2D eigenvalue weighted by Crippen LogP contribution is -2.54. The Balaban J connectivity index is 1.64. The molecule has 1 heterocycles. The van der Waals surface area contributed by atoms with Crippen molar-refractivity contribution in [2.24, 2.45) is 0 Å². The molecule has 9 nitrogen and oxygen atoms in total. The van der Waals surface area contributed by atoms with Crippen LogP contribution in [0.4, 0.5) is 10.5 Å². The quantitative estimate of drug-likeness (QED) is 0.194. The number of amides is 4. The van der Waals surface area contributed by atoms with E-state index in [4.69, 9.17) is 26.2 Å². The monoisotopic (exact) mass is 646 g/mol. The van der Waals surface area contributed by atoms with E-state index < -0.39 is 23.8 Å². The molecule has 0 bridgehead atoms. The normalized spacial score (nSPS) is 14.4. The van der Waals surface area contributed by atoms with Crippen LogP contribution < -0.4 is 19.7 Å². The van der Waals surface area contributed by atoms with E-state index in [1.165, 1.54) is 30.3 Å². The number of anilines is 1. The number of nitrogens with zero attached hydrogens (tertiary/aromatic N) is 1. The number of benzene rings is 3. The molecule has 0 unspecified atom stereocenters. The third-order valence-corrected chi connectivity index (χ3v) is 6.54. The number of rotatable bonds is 8. The van der Waals surface area contributed by atoms with E-state index in [2.05, 4.69) is 27.9 Å². The fourth-order valence-corrected chi connectivity index (χ4v) is 4.65. The molecule has 0 radical (unpaired) electrons. The molecule has 38 heavy (non-hydrogen) atoms. The topological polar surface area (TPSA) is 122 Å². The van der Waals surface area contributed by atoms with Crippen molar-refractivity contribution in [3.63, 3.8) is 0 Å². The van der Waals surface area contributed by atoms with Gasteiger partial charge in [-0.25, -0.2) is 14.5 Å². The summed E-state index contributed by atoms with van der Waals surface area (Å²) in [5.74, 6) is -1.83. The maximum absolute atomic E-state index is 13.2. The summed E-state index contributed by atoms with van der Waals surface area (Å²) in [5.41, 5.74) is 1.30. The standard InChI is InChI=1S/C27H20ClIN2O7/c1-2-37-22-13-16(12-20(29)23(22)38-14-15-7-9-17(10-8-15)26(34)35)11-18-24(32)30-27(36)31(25(18)33)21-6-4-3-5-19(21)28/h3-13H,2,14H2,1H3,(H,34,35)(H,30,32,36)/b18-11+. The Morgan fingerprint density at radius 3 is 2.45 bits per heavy atom. The molecule has 0 atom stereocenters. The van der Waals surface area contributed by atoms with Crippen LogP contribution in [0.15, 0.2) is 66.2 Å². The summed E-state index contributed by atoms with van der Waals surface area (Å²) < 4.78 is 12.4. The van der Waals surface area contributed by atoms with Crippen molar-refractivity contribution in [2.45, 2.75) is 13.5 Å². The van der Waals surface area contributed by atoms with Crippen LogP contribution in [-0.4, -0.2) is 35.5 Å². The molecule has 0 saturated carbocycles. The fraction of sp³-hybridized carbons (Fsp3) is 0.111. The summed E-state index contributed by atoms with van der Waals surface area (Å²) in [6.45, 7) is 2.29. The molecular formula is C27H20ClIN2O7. The number of hydrogen-bond donors (Lipinski definition) is 2. The van der Waals surface area contributed by atoms with Crippen LogP contribution in [0.1, 0.15) is 28.4 Å². The molecule has 1 saturated heterocycles. The van der Waals surface area contributed by atoms with E-state index in [-0.39, 0.29) is 28.5 Å². The predicted octanol–water partition coefficient (Wildman–Crippen LogP) is 5.29. The minimum absolute atomic E-state index is 0.153. The Hall–Kier alpha value is -3.90. The van der Waals surface area contributed by atoms with Crippen molar-refractivity contribution < 1.29 is 33.8 Å². The Bertz CT molecular complexity index is 1470. The second-order valence-electron chi connectivity index (χ2n) is 7.96. The van der Waals surface area contributed by atoms with Crippen LogP contribution in [0.2, 0.25) is 5.02 Å². The maximum Gasteiger partial charge on any atom is 0.335 e. The first-order valence-electron chi connectivity index (χ1n) is 11.3. The van der Waals surface area contributed by atoms with Gasteiger partial charge in [-0.2, -0.15) is 0 Å². The van der Waals surface area contributed by atoms with Crippen molar-refractivity contribution >= 4 is 69.8 Å². The zero-order chi connectivity index (χ0) is 27.4. The van der Waals surface area contributed by atoms with Crippen LogP contribution in [0.25, 0.3) is 6.08 Å². The second kappa shape index (κ2) is 11.7. The highest BCUT2D eigenvalue weighted by Gasteiger charge is 2.37. The lowest BCUT2D eigenvalue weighted by Gasteiger charge is -2.27. The van der Waals surface area contributed by atoms with E-state index in [1.807, 2.05) is 0 Å². The number of carboxylic acid groups (broad SMARTS) is 1. The molecular weight excluding hydrogens is 627 g/mol. The van der Waals surface area contributed by atoms with Gasteiger partial charge in [-0.1, -0.05) is 35.9 Å². The van der Waals surface area contributed by atoms with Gasteiger partial charge in [0.2, 0.25) is 0 Å². The Morgan fingerprint density at radius 1 is 1.08 bits per heavy atom. The van der Waals surface area contributed by atoms with Gasteiger partial charge < -0.3 is 14.6 Å². The summed E-state index contributed by atoms with van der Waals surface area (Å²) in [5, 5.41) is 11.4. The average molecular weight is 647 g/mol. The van der Waals surface area contributed by atoms with Gasteiger partial charge in [0.05, 0.1) is 26.5 Å². The highest BCUT2D eigenvalue weighted by atomic mass is 127. The molecule has 1 aliphatic heterocycles. The molecule has 4 amide bonds. The molecule has 3 aromatic carbocycles. The van der Waals surface area contributed by atoms with Crippen LogP contribution in [0.5, 0.6) is 11.5 Å².